The van der Waals surface area contributed by atoms with Crippen LogP contribution >= 0.6 is 0 Å². The summed E-state index contributed by atoms with van der Waals surface area (Å²) in [6.07, 6.45) is 0. The summed E-state index contributed by atoms with van der Waals surface area (Å²) in [4.78, 5) is 8.00. The first-order chi connectivity index (χ1) is 24.3. The molecule has 7 aromatic carbocycles. The van der Waals surface area contributed by atoms with E-state index in [0.717, 1.165) is 33.7 Å². The molecule has 0 aliphatic carbocycles. The highest BCUT2D eigenvalue weighted by molar-refractivity contribution is 6.30. The van der Waals surface area contributed by atoms with Crippen molar-refractivity contribution >= 4 is 104 Å². The zero-order valence-electron chi connectivity index (χ0n) is 26.3. The molecule has 226 valence electrons. The van der Waals surface area contributed by atoms with Crippen molar-refractivity contribution in [2.45, 2.75) is 0 Å². The first-order valence-electron chi connectivity index (χ1n) is 16.8. The summed E-state index contributed by atoms with van der Waals surface area (Å²) in [5.74, 6) is 0. The predicted molar refractivity (Wildman–Crippen MR) is 206 cm³/mol. The van der Waals surface area contributed by atoms with Gasteiger partial charge in [-0.3, -0.25) is 4.40 Å². The van der Waals surface area contributed by atoms with Gasteiger partial charge in [-0.25, -0.2) is 4.98 Å². The van der Waals surface area contributed by atoms with E-state index < -0.39 is 0 Å². The van der Waals surface area contributed by atoms with E-state index in [1.165, 1.54) is 70.5 Å². The highest BCUT2D eigenvalue weighted by Gasteiger charge is 2.26. The van der Waals surface area contributed by atoms with Gasteiger partial charge in [-0.05, 0) is 53.2 Å². The molecule has 0 fully saturated rings. The largest absolute Gasteiger partial charge is 0.308 e. The van der Waals surface area contributed by atoms with Crippen LogP contribution < -0.4 is 4.90 Å². The molecule has 5 heterocycles. The molecular weight excluding hydrogens is 597 g/mol. The van der Waals surface area contributed by atoms with Crippen LogP contribution in [0.25, 0.3) is 87.2 Å². The lowest BCUT2D eigenvalue weighted by Gasteiger charge is -2.26. The van der Waals surface area contributed by atoms with E-state index >= 15 is 0 Å². The van der Waals surface area contributed by atoms with Gasteiger partial charge in [0.05, 0.1) is 38.8 Å². The van der Waals surface area contributed by atoms with Crippen molar-refractivity contribution in [1.29, 1.82) is 0 Å². The Balaban J connectivity index is 1.26. The first-order valence-corrected chi connectivity index (χ1v) is 16.8. The molecule has 0 spiro atoms. The fourth-order valence-electron chi connectivity index (χ4n) is 8.79. The van der Waals surface area contributed by atoms with Gasteiger partial charge >= 0.3 is 0 Å². The molecule has 0 saturated heterocycles. The number of aromatic nitrogens is 3. The Morgan fingerprint density at radius 2 is 1.00 bits per heavy atom. The Labute approximate surface area is 279 Å². The van der Waals surface area contributed by atoms with E-state index in [0.29, 0.717) is 0 Å². The van der Waals surface area contributed by atoms with Gasteiger partial charge in [0, 0.05) is 49.1 Å². The molecule has 0 unspecified atom stereocenters. The van der Waals surface area contributed by atoms with Gasteiger partial charge in [-0.1, -0.05) is 115 Å². The highest BCUT2D eigenvalue weighted by Crippen LogP contribution is 2.47. The van der Waals surface area contributed by atoms with Crippen LogP contribution in [0.2, 0.25) is 0 Å². The number of pyridine rings is 1. The quantitative estimate of drug-likeness (QED) is 0.196. The number of nitrogens with zero attached hydrogens (tertiary/aromatic N) is 4. The first kappa shape index (κ1) is 25.4. The highest BCUT2D eigenvalue weighted by atomic mass is 15.2. The molecule has 4 heteroatoms. The van der Waals surface area contributed by atoms with Crippen molar-refractivity contribution < 1.29 is 0 Å². The lowest BCUT2D eigenvalue weighted by atomic mass is 10.0. The Morgan fingerprint density at radius 3 is 1.78 bits per heavy atom. The average Bonchev–Trinajstić information content (AvgIpc) is 3.89. The molecule has 0 bridgehead atoms. The molecule has 49 heavy (non-hydrogen) atoms. The second kappa shape index (κ2) is 9.03. The third-order valence-electron chi connectivity index (χ3n) is 10.7. The monoisotopic (exact) mass is 622 g/mol. The van der Waals surface area contributed by atoms with Gasteiger partial charge in [-0.15, -0.1) is 0 Å². The van der Waals surface area contributed by atoms with E-state index in [-0.39, 0.29) is 0 Å². The predicted octanol–water partition coefficient (Wildman–Crippen LogP) is 12.0. The van der Waals surface area contributed by atoms with Crippen LogP contribution in [0.5, 0.6) is 0 Å². The molecule has 0 saturated carbocycles. The van der Waals surface area contributed by atoms with Crippen molar-refractivity contribution in [3.63, 3.8) is 0 Å². The van der Waals surface area contributed by atoms with Gasteiger partial charge in [0.15, 0.2) is 0 Å². The fraction of sp³-hybridized carbons (Fsp3) is 0. The summed E-state index contributed by atoms with van der Waals surface area (Å²) in [5, 5.41) is 11.2. The summed E-state index contributed by atoms with van der Waals surface area (Å²) in [6.45, 7) is 0. The minimum absolute atomic E-state index is 1.01. The summed E-state index contributed by atoms with van der Waals surface area (Å²) in [5.41, 5.74) is 11.4. The van der Waals surface area contributed by atoms with Gasteiger partial charge in [0.2, 0.25) is 0 Å². The number of rotatable bonds is 3. The zero-order valence-corrected chi connectivity index (χ0v) is 26.3. The summed E-state index contributed by atoms with van der Waals surface area (Å²) in [7, 11) is 0. The van der Waals surface area contributed by atoms with Crippen LogP contribution in [0.4, 0.5) is 17.1 Å². The van der Waals surface area contributed by atoms with Crippen molar-refractivity contribution in [2.75, 3.05) is 4.90 Å². The number of hydrogen-bond donors (Lipinski definition) is 0. The van der Waals surface area contributed by atoms with Crippen molar-refractivity contribution in [2.24, 2.45) is 0 Å². The molecule has 12 aromatic rings. The molecule has 0 radical (unpaired) electrons. The van der Waals surface area contributed by atoms with E-state index in [1.54, 1.807) is 0 Å². The lowest BCUT2D eigenvalue weighted by molar-refractivity contribution is 1.27. The van der Waals surface area contributed by atoms with Crippen LogP contribution in [-0.4, -0.2) is 13.8 Å². The van der Waals surface area contributed by atoms with Gasteiger partial charge in [0.25, 0.3) is 0 Å². The minimum Gasteiger partial charge on any atom is -0.308 e. The Morgan fingerprint density at radius 1 is 0.408 bits per heavy atom. The molecule has 5 aromatic heterocycles. The molecule has 0 N–H and O–H groups in total. The van der Waals surface area contributed by atoms with Crippen LogP contribution in [0.15, 0.2) is 158 Å². The van der Waals surface area contributed by atoms with Crippen molar-refractivity contribution in [3.8, 4) is 0 Å². The van der Waals surface area contributed by atoms with Crippen molar-refractivity contribution in [3.05, 3.63) is 158 Å². The van der Waals surface area contributed by atoms with Crippen LogP contribution in [-0.2, 0) is 0 Å². The van der Waals surface area contributed by atoms with E-state index in [9.17, 15) is 0 Å². The molecule has 0 amide bonds. The standard InChI is InChI=1S/C45H26N4/c1-3-13-28(14-4-1)47(29-15-5-2-6-16-29)38-23-11-20-32-31-18-10-22-35-41-39(48(43(31)35)44(32)38)26-36-33-19-9-21-34-40-30-17-8-7-12-27(30)24-25-37(40)49(42(33)34)45(36)46-41/h1-26H. The second-order valence-electron chi connectivity index (χ2n) is 13.2. The molecule has 12 rings (SSSR count). The molecule has 0 atom stereocenters. The number of anilines is 3. The van der Waals surface area contributed by atoms with E-state index in [1.807, 2.05) is 0 Å². The van der Waals surface area contributed by atoms with Crippen LogP contribution in [0.1, 0.15) is 0 Å². The summed E-state index contributed by atoms with van der Waals surface area (Å²) >= 11 is 0. The van der Waals surface area contributed by atoms with Crippen molar-refractivity contribution in [1.82, 2.24) is 13.8 Å². The molecule has 0 aliphatic rings. The minimum atomic E-state index is 1.01. The lowest BCUT2D eigenvalue weighted by Crippen LogP contribution is -2.10. The Bertz CT molecular complexity index is 3220. The average molecular weight is 623 g/mol. The number of hydrogen-bond acceptors (Lipinski definition) is 2. The second-order valence-corrected chi connectivity index (χ2v) is 13.2. The Hall–Kier alpha value is -6.65. The van der Waals surface area contributed by atoms with Gasteiger partial charge in [-0.2, -0.15) is 0 Å². The number of para-hydroxylation sites is 5. The van der Waals surface area contributed by atoms with Crippen LogP contribution in [0.3, 0.4) is 0 Å². The third kappa shape index (κ3) is 3.12. The Kier molecular flexibility index (Phi) is 4.69. The smallest absolute Gasteiger partial charge is 0.146 e. The van der Waals surface area contributed by atoms with E-state index in [2.05, 4.69) is 171 Å². The van der Waals surface area contributed by atoms with Gasteiger partial charge in [0.1, 0.15) is 5.65 Å². The summed E-state index contributed by atoms with van der Waals surface area (Å²) < 4.78 is 4.89. The SMILES string of the molecule is c1ccc(N(c2ccccc2)c2cccc3c4cccc5c6nc7c(cc6n(c23)c45)c2cccc3c4c5ccccc5ccc4n7c23)cc1. The van der Waals surface area contributed by atoms with E-state index in [4.69, 9.17) is 4.98 Å². The number of benzene rings is 7. The maximum absolute atomic E-state index is 5.61. The fourth-order valence-corrected chi connectivity index (χ4v) is 8.79. The molecular formula is C45H26N4. The third-order valence-corrected chi connectivity index (χ3v) is 10.7. The number of fused-ring (bicyclic) bond motifs is 14. The maximum Gasteiger partial charge on any atom is 0.146 e. The zero-order chi connectivity index (χ0) is 31.8. The normalized spacial score (nSPS) is 12.5. The van der Waals surface area contributed by atoms with Crippen LogP contribution in [0, 0.1) is 0 Å². The topological polar surface area (TPSA) is 25.0 Å². The van der Waals surface area contributed by atoms with Gasteiger partial charge < -0.3 is 9.30 Å². The molecule has 0 aliphatic heterocycles. The molecule has 4 nitrogen and oxygen atoms in total. The summed E-state index contributed by atoms with van der Waals surface area (Å²) in [6, 6.07) is 57.2. The maximum atomic E-state index is 5.61.